The van der Waals surface area contributed by atoms with Gasteiger partial charge >= 0.3 is 0 Å². The van der Waals surface area contributed by atoms with Crippen LogP contribution in [0.3, 0.4) is 0 Å². The smallest absolute Gasteiger partial charge is 0.152 e. The van der Waals surface area contributed by atoms with Crippen LogP contribution in [-0.4, -0.2) is 16.3 Å². The number of hydrogen-bond acceptors (Lipinski definition) is 3. The van der Waals surface area contributed by atoms with Gasteiger partial charge in [-0.15, -0.1) is 0 Å². The first kappa shape index (κ1) is 20.1. The Hall–Kier alpha value is -3.18. The molecule has 0 spiro atoms. The molecule has 4 aromatic rings. The fourth-order valence-electron chi connectivity index (χ4n) is 3.43. The van der Waals surface area contributed by atoms with Crippen LogP contribution in [0.5, 0.6) is 0 Å². The van der Waals surface area contributed by atoms with Crippen LogP contribution in [0.2, 0.25) is 0 Å². The lowest BCUT2D eigenvalue weighted by molar-refractivity contribution is 0.536. The van der Waals surface area contributed by atoms with Gasteiger partial charge in [0.1, 0.15) is 11.5 Å². The maximum Gasteiger partial charge on any atom is 0.152 e. The molecule has 5 heteroatoms. The molecule has 0 atom stereocenters. The average molecular weight is 404 g/mol. The van der Waals surface area contributed by atoms with E-state index >= 15 is 0 Å². The quantitative estimate of drug-likeness (QED) is 0.363. The molecule has 154 valence electrons. The van der Waals surface area contributed by atoms with Gasteiger partial charge in [-0.2, -0.15) is 5.10 Å². The summed E-state index contributed by atoms with van der Waals surface area (Å²) in [4.78, 5) is 0. The van der Waals surface area contributed by atoms with Gasteiger partial charge in [-0.05, 0) is 66.4 Å². The Balaban J connectivity index is 1.61. The molecule has 0 aliphatic heterocycles. The molecular weight excluding hydrogens is 377 g/mol. The maximum atomic E-state index is 13.2. The molecule has 4 nitrogen and oxygen atoms in total. The molecule has 0 fully saturated rings. The summed E-state index contributed by atoms with van der Waals surface area (Å²) in [6, 6.07) is 18.5. The maximum absolute atomic E-state index is 13.2. The summed E-state index contributed by atoms with van der Waals surface area (Å²) in [5.41, 5.74) is 4.99. The van der Waals surface area contributed by atoms with Gasteiger partial charge in [0.2, 0.25) is 0 Å². The topological polar surface area (TPSA) is 43.0 Å². The van der Waals surface area contributed by atoms with Gasteiger partial charge in [0.25, 0.3) is 0 Å². The van der Waals surface area contributed by atoms with Gasteiger partial charge in [0.05, 0.1) is 18.1 Å². The first-order valence-electron chi connectivity index (χ1n) is 10.3. The molecule has 2 aromatic heterocycles. The highest BCUT2D eigenvalue weighted by Gasteiger charge is 2.16. The second-order valence-electron chi connectivity index (χ2n) is 7.82. The molecule has 0 amide bonds. The number of rotatable bonds is 8. The largest absolute Gasteiger partial charge is 0.463 e. The fraction of sp³-hybridized carbons (Fsp3) is 0.240. The minimum absolute atomic E-state index is 0.232. The zero-order valence-corrected chi connectivity index (χ0v) is 17.3. The third kappa shape index (κ3) is 4.52. The van der Waals surface area contributed by atoms with Crippen molar-refractivity contribution in [3.8, 4) is 28.3 Å². The van der Waals surface area contributed by atoms with Crippen LogP contribution in [0.25, 0.3) is 28.3 Å². The average Bonchev–Trinajstić information content (AvgIpc) is 3.41. The van der Waals surface area contributed by atoms with E-state index in [2.05, 4.69) is 24.3 Å². The highest BCUT2D eigenvalue weighted by Crippen LogP contribution is 2.28. The van der Waals surface area contributed by atoms with Crippen molar-refractivity contribution in [2.75, 3.05) is 6.54 Å². The van der Waals surface area contributed by atoms with E-state index < -0.39 is 0 Å². The number of aromatic nitrogens is 2. The van der Waals surface area contributed by atoms with Crippen molar-refractivity contribution >= 4 is 0 Å². The van der Waals surface area contributed by atoms with E-state index in [9.17, 15) is 4.39 Å². The Bertz CT molecular complexity index is 1060. The molecule has 0 saturated heterocycles. The first-order chi connectivity index (χ1) is 14.6. The third-order valence-corrected chi connectivity index (χ3v) is 5.10. The molecule has 4 rings (SSSR count). The monoisotopic (exact) mass is 403 g/mol. The van der Waals surface area contributed by atoms with Gasteiger partial charge in [-0.3, -0.25) is 0 Å². The van der Waals surface area contributed by atoms with Crippen molar-refractivity contribution in [2.24, 2.45) is 5.92 Å². The van der Waals surface area contributed by atoms with Crippen LogP contribution < -0.4 is 5.32 Å². The van der Waals surface area contributed by atoms with Crippen LogP contribution in [0.4, 0.5) is 4.39 Å². The summed E-state index contributed by atoms with van der Waals surface area (Å²) in [5.74, 6) is 1.23. The van der Waals surface area contributed by atoms with Crippen molar-refractivity contribution in [3.05, 3.63) is 84.5 Å². The van der Waals surface area contributed by atoms with Crippen molar-refractivity contribution < 1.29 is 8.81 Å². The zero-order valence-electron chi connectivity index (χ0n) is 17.3. The Kier molecular flexibility index (Phi) is 6.10. The van der Waals surface area contributed by atoms with Crippen LogP contribution >= 0.6 is 0 Å². The molecule has 0 bridgehead atoms. The second kappa shape index (κ2) is 9.09. The number of furan rings is 1. The Morgan fingerprint density at radius 1 is 1.00 bits per heavy atom. The number of nitrogens with zero attached hydrogens (tertiary/aromatic N) is 2. The van der Waals surface area contributed by atoms with Gasteiger partial charge in [0, 0.05) is 12.1 Å². The second-order valence-corrected chi connectivity index (χ2v) is 7.82. The molecule has 0 unspecified atom stereocenters. The summed E-state index contributed by atoms with van der Waals surface area (Å²) in [7, 11) is 0. The van der Waals surface area contributed by atoms with E-state index in [1.165, 1.54) is 12.1 Å². The molecule has 1 N–H and O–H groups in total. The normalized spacial score (nSPS) is 11.3. The molecule has 2 heterocycles. The fourth-order valence-corrected chi connectivity index (χ4v) is 3.43. The van der Waals surface area contributed by atoms with Gasteiger partial charge in [0.15, 0.2) is 5.76 Å². The van der Waals surface area contributed by atoms with Gasteiger partial charge in [-0.1, -0.05) is 38.1 Å². The van der Waals surface area contributed by atoms with E-state index in [1.54, 1.807) is 18.4 Å². The number of halogens is 1. The molecule has 0 aliphatic rings. The predicted molar refractivity (Wildman–Crippen MR) is 118 cm³/mol. The van der Waals surface area contributed by atoms with Crippen molar-refractivity contribution in [3.63, 3.8) is 0 Å². The lowest BCUT2D eigenvalue weighted by Crippen LogP contribution is -2.16. The number of hydrogen-bond donors (Lipinski definition) is 1. The Labute approximate surface area is 176 Å². The highest BCUT2D eigenvalue weighted by molar-refractivity contribution is 5.66. The molecule has 0 radical (unpaired) electrons. The lowest BCUT2D eigenvalue weighted by atomic mass is 10.1. The minimum atomic E-state index is -0.232. The van der Waals surface area contributed by atoms with E-state index in [0.29, 0.717) is 5.92 Å². The van der Waals surface area contributed by atoms with E-state index in [-0.39, 0.29) is 5.82 Å². The first-order valence-corrected chi connectivity index (χ1v) is 10.3. The standard InChI is InChI=1S/C25H26FN3O/c1-18(2)13-14-27-16-21-17-28-29(25(21)24-4-3-15-30-24)23-11-7-20(8-12-23)19-5-9-22(26)10-6-19/h3-12,15,17-18,27H,13-14,16H2,1-2H3. The predicted octanol–water partition coefficient (Wildman–Crippen LogP) is 6.07. The van der Waals surface area contributed by atoms with E-state index in [1.807, 2.05) is 47.3 Å². The minimum Gasteiger partial charge on any atom is -0.463 e. The zero-order chi connectivity index (χ0) is 20.9. The van der Waals surface area contributed by atoms with E-state index in [0.717, 1.165) is 53.3 Å². The van der Waals surface area contributed by atoms with Gasteiger partial charge in [-0.25, -0.2) is 9.07 Å². The third-order valence-electron chi connectivity index (χ3n) is 5.10. The van der Waals surface area contributed by atoms with Crippen LogP contribution in [0.1, 0.15) is 25.8 Å². The Morgan fingerprint density at radius 3 is 2.33 bits per heavy atom. The molecule has 2 aromatic carbocycles. The lowest BCUT2D eigenvalue weighted by Gasteiger charge is -2.10. The molecule has 0 aliphatic carbocycles. The summed E-state index contributed by atoms with van der Waals surface area (Å²) >= 11 is 0. The summed E-state index contributed by atoms with van der Waals surface area (Å²) in [6.07, 6.45) is 4.71. The summed E-state index contributed by atoms with van der Waals surface area (Å²) in [6.45, 7) is 6.15. The molecule has 30 heavy (non-hydrogen) atoms. The molecular formula is C25H26FN3O. The van der Waals surface area contributed by atoms with Crippen LogP contribution in [0.15, 0.2) is 77.5 Å². The van der Waals surface area contributed by atoms with E-state index in [4.69, 9.17) is 4.42 Å². The van der Waals surface area contributed by atoms with Crippen molar-refractivity contribution in [1.82, 2.24) is 15.1 Å². The van der Waals surface area contributed by atoms with Crippen molar-refractivity contribution in [1.29, 1.82) is 0 Å². The molecule has 0 saturated carbocycles. The SMILES string of the molecule is CC(C)CCNCc1cnn(-c2ccc(-c3ccc(F)cc3)cc2)c1-c1ccco1. The van der Waals surface area contributed by atoms with Crippen LogP contribution in [-0.2, 0) is 6.54 Å². The Morgan fingerprint density at radius 2 is 1.70 bits per heavy atom. The number of benzene rings is 2. The van der Waals surface area contributed by atoms with Crippen LogP contribution in [0, 0.1) is 11.7 Å². The summed E-state index contributed by atoms with van der Waals surface area (Å²) < 4.78 is 20.8. The number of nitrogens with one attached hydrogen (secondary N) is 1. The van der Waals surface area contributed by atoms with Crippen molar-refractivity contribution in [2.45, 2.75) is 26.8 Å². The van der Waals surface area contributed by atoms with Gasteiger partial charge < -0.3 is 9.73 Å². The summed E-state index contributed by atoms with van der Waals surface area (Å²) in [5, 5.41) is 8.15. The highest BCUT2D eigenvalue weighted by atomic mass is 19.1.